The first kappa shape index (κ1) is 14.4. The Morgan fingerprint density at radius 2 is 2.16 bits per heavy atom. The molecule has 106 valence electrons. The predicted molar refractivity (Wildman–Crippen MR) is 78.7 cm³/mol. The van der Waals surface area contributed by atoms with Gasteiger partial charge in [0, 0.05) is 19.3 Å². The number of benzene rings is 1. The third-order valence-corrected chi connectivity index (χ3v) is 3.67. The monoisotopic (exact) mass is 263 g/mol. The molecule has 0 radical (unpaired) electrons. The highest BCUT2D eigenvalue weighted by Gasteiger charge is 2.31. The summed E-state index contributed by atoms with van der Waals surface area (Å²) in [4.78, 5) is 0. The van der Waals surface area contributed by atoms with Crippen LogP contribution in [-0.2, 0) is 15.9 Å². The van der Waals surface area contributed by atoms with E-state index in [4.69, 9.17) is 9.47 Å². The van der Waals surface area contributed by atoms with Crippen molar-refractivity contribution in [2.45, 2.75) is 44.8 Å². The van der Waals surface area contributed by atoms with Crippen LogP contribution in [0.5, 0.6) is 0 Å². The molecule has 1 aromatic carbocycles. The van der Waals surface area contributed by atoms with Gasteiger partial charge in [0.25, 0.3) is 0 Å². The van der Waals surface area contributed by atoms with Crippen molar-refractivity contribution < 1.29 is 9.47 Å². The third-order valence-electron chi connectivity index (χ3n) is 3.67. The summed E-state index contributed by atoms with van der Waals surface area (Å²) in [6.07, 6.45) is 3.55. The van der Waals surface area contributed by atoms with Gasteiger partial charge in [0.15, 0.2) is 0 Å². The van der Waals surface area contributed by atoms with Crippen LogP contribution in [0.4, 0.5) is 5.69 Å². The number of hydrogen-bond acceptors (Lipinski definition) is 3. The van der Waals surface area contributed by atoms with Crippen molar-refractivity contribution in [2.24, 2.45) is 0 Å². The summed E-state index contributed by atoms with van der Waals surface area (Å²) in [6, 6.07) is 8.43. The molecule has 1 saturated heterocycles. The zero-order chi connectivity index (χ0) is 13.7. The summed E-state index contributed by atoms with van der Waals surface area (Å²) in [5.41, 5.74) is 2.55. The zero-order valence-electron chi connectivity index (χ0n) is 12.2. The van der Waals surface area contributed by atoms with E-state index in [0.29, 0.717) is 6.10 Å². The molecule has 1 atom stereocenters. The van der Waals surface area contributed by atoms with Gasteiger partial charge in [0.05, 0.1) is 18.3 Å². The second-order valence-electron chi connectivity index (χ2n) is 5.82. The molecular weight excluding hydrogens is 238 g/mol. The summed E-state index contributed by atoms with van der Waals surface area (Å²) in [6.45, 7) is 5.97. The minimum absolute atomic E-state index is 0.0436. The highest BCUT2D eigenvalue weighted by atomic mass is 16.5. The Hall–Kier alpha value is -1.06. The molecule has 0 aromatic heterocycles. The molecule has 0 saturated carbocycles. The Kier molecular flexibility index (Phi) is 4.83. The first-order valence-corrected chi connectivity index (χ1v) is 7.09. The molecule has 0 amide bonds. The Morgan fingerprint density at radius 1 is 1.37 bits per heavy atom. The van der Waals surface area contributed by atoms with Crippen molar-refractivity contribution in [2.75, 3.05) is 25.6 Å². The maximum atomic E-state index is 6.00. The van der Waals surface area contributed by atoms with E-state index < -0.39 is 0 Å². The molecule has 1 unspecified atom stereocenters. The average Bonchev–Trinajstić information content (AvgIpc) is 2.74. The molecule has 1 N–H and O–H groups in total. The van der Waals surface area contributed by atoms with Crippen molar-refractivity contribution in [1.82, 2.24) is 0 Å². The Bertz CT molecular complexity index is 403. The molecule has 3 nitrogen and oxygen atoms in total. The van der Waals surface area contributed by atoms with E-state index in [-0.39, 0.29) is 5.60 Å². The average molecular weight is 263 g/mol. The second kappa shape index (κ2) is 6.40. The molecule has 3 heteroatoms. The van der Waals surface area contributed by atoms with Crippen LogP contribution in [0.1, 0.15) is 32.3 Å². The van der Waals surface area contributed by atoms with Gasteiger partial charge in [0.1, 0.15) is 0 Å². The Morgan fingerprint density at radius 3 is 2.84 bits per heavy atom. The lowest BCUT2D eigenvalue weighted by Gasteiger charge is -2.20. The topological polar surface area (TPSA) is 30.5 Å². The molecule has 1 aliphatic rings. The first-order valence-electron chi connectivity index (χ1n) is 7.09. The third kappa shape index (κ3) is 4.22. The first-order chi connectivity index (χ1) is 9.11. The number of methoxy groups -OCH3 is 1. The van der Waals surface area contributed by atoms with Gasteiger partial charge in [-0.2, -0.15) is 0 Å². The van der Waals surface area contributed by atoms with E-state index in [1.807, 2.05) is 0 Å². The maximum absolute atomic E-state index is 6.00. The summed E-state index contributed by atoms with van der Waals surface area (Å²) >= 11 is 0. The lowest BCUT2D eigenvalue weighted by Crippen LogP contribution is -2.25. The maximum Gasteiger partial charge on any atom is 0.0755 e. The molecule has 0 aliphatic carbocycles. The van der Waals surface area contributed by atoms with Crippen LogP contribution < -0.4 is 5.32 Å². The van der Waals surface area contributed by atoms with Crippen LogP contribution in [0.25, 0.3) is 0 Å². The molecule has 1 fully saturated rings. The fraction of sp³-hybridized carbons (Fsp3) is 0.625. The van der Waals surface area contributed by atoms with E-state index in [9.17, 15) is 0 Å². The van der Waals surface area contributed by atoms with Crippen LogP contribution in [-0.4, -0.2) is 32.0 Å². The fourth-order valence-corrected chi connectivity index (χ4v) is 2.57. The van der Waals surface area contributed by atoms with Crippen LogP contribution in [0.15, 0.2) is 24.3 Å². The molecule has 1 heterocycles. The van der Waals surface area contributed by atoms with E-state index >= 15 is 0 Å². The minimum Gasteiger partial charge on any atom is -0.384 e. The molecule has 1 aromatic rings. The second-order valence-corrected chi connectivity index (χ2v) is 5.82. The summed E-state index contributed by atoms with van der Waals surface area (Å²) in [7, 11) is 1.74. The van der Waals surface area contributed by atoms with Crippen LogP contribution in [0.2, 0.25) is 0 Å². The van der Waals surface area contributed by atoms with Gasteiger partial charge < -0.3 is 14.8 Å². The number of hydrogen-bond donors (Lipinski definition) is 1. The number of rotatable bonds is 6. The minimum atomic E-state index is 0.0436. The highest BCUT2D eigenvalue weighted by Crippen LogP contribution is 2.29. The van der Waals surface area contributed by atoms with Crippen LogP contribution in [0, 0.1) is 0 Å². The van der Waals surface area contributed by atoms with Gasteiger partial charge in [-0.15, -0.1) is 0 Å². The fourth-order valence-electron chi connectivity index (χ4n) is 2.57. The van der Waals surface area contributed by atoms with E-state index in [0.717, 1.165) is 32.4 Å². The zero-order valence-corrected chi connectivity index (χ0v) is 12.2. The van der Waals surface area contributed by atoms with Crippen molar-refractivity contribution in [3.8, 4) is 0 Å². The van der Waals surface area contributed by atoms with Gasteiger partial charge in [-0.25, -0.2) is 0 Å². The number of ether oxygens (including phenoxy) is 2. The number of anilines is 1. The lowest BCUT2D eigenvalue weighted by atomic mass is 10.1. The summed E-state index contributed by atoms with van der Waals surface area (Å²) < 4.78 is 11.2. The molecular formula is C16H25NO2. The normalized spacial score (nSPS) is 21.5. The van der Waals surface area contributed by atoms with Gasteiger partial charge >= 0.3 is 0 Å². The highest BCUT2D eigenvalue weighted by molar-refractivity contribution is 5.51. The van der Waals surface area contributed by atoms with Crippen molar-refractivity contribution in [3.05, 3.63) is 29.8 Å². The molecule has 0 spiro atoms. The largest absolute Gasteiger partial charge is 0.384 e. The quantitative estimate of drug-likeness (QED) is 0.854. The number of para-hydroxylation sites is 1. The predicted octanol–water partition coefficient (Wildman–Crippen LogP) is 3.25. The summed E-state index contributed by atoms with van der Waals surface area (Å²) in [5, 5.41) is 3.52. The number of nitrogens with one attached hydrogen (secondary N) is 1. The van der Waals surface area contributed by atoms with Gasteiger partial charge in [-0.05, 0) is 44.7 Å². The Labute approximate surface area is 116 Å². The van der Waals surface area contributed by atoms with Crippen LogP contribution >= 0.6 is 0 Å². The van der Waals surface area contributed by atoms with Crippen molar-refractivity contribution in [3.63, 3.8) is 0 Å². The lowest BCUT2D eigenvalue weighted by molar-refractivity contribution is -0.00911. The molecule has 1 aliphatic heterocycles. The van der Waals surface area contributed by atoms with Crippen molar-refractivity contribution >= 4 is 5.69 Å². The van der Waals surface area contributed by atoms with Gasteiger partial charge in [-0.1, -0.05) is 18.2 Å². The summed E-state index contributed by atoms with van der Waals surface area (Å²) in [5.74, 6) is 0. The van der Waals surface area contributed by atoms with Crippen LogP contribution in [0.3, 0.4) is 0 Å². The smallest absolute Gasteiger partial charge is 0.0755 e. The molecule has 0 bridgehead atoms. The van der Waals surface area contributed by atoms with Gasteiger partial charge in [-0.3, -0.25) is 0 Å². The van der Waals surface area contributed by atoms with E-state index in [1.54, 1.807) is 7.11 Å². The SMILES string of the molecule is COCCc1ccccc1NCC1CCC(C)(C)O1. The Balaban J connectivity index is 1.89. The van der Waals surface area contributed by atoms with E-state index in [1.165, 1.54) is 11.3 Å². The van der Waals surface area contributed by atoms with Crippen molar-refractivity contribution in [1.29, 1.82) is 0 Å². The standard InChI is InChI=1S/C16H25NO2/c1-16(2)10-8-14(19-16)12-17-15-7-5-4-6-13(15)9-11-18-3/h4-7,14,17H,8-12H2,1-3H3. The molecule has 19 heavy (non-hydrogen) atoms. The van der Waals surface area contributed by atoms with Gasteiger partial charge in [0.2, 0.25) is 0 Å². The van der Waals surface area contributed by atoms with E-state index in [2.05, 4.69) is 43.4 Å². The molecule has 2 rings (SSSR count).